The first-order valence-corrected chi connectivity index (χ1v) is 9.06. The third-order valence-electron chi connectivity index (χ3n) is 4.04. The molecule has 0 saturated heterocycles. The van der Waals surface area contributed by atoms with Crippen LogP contribution in [-0.4, -0.2) is 11.0 Å². The largest absolute Gasteiger partial charge is 3.00 e. The molecule has 1 aromatic rings. The number of hydrogen-bond acceptors (Lipinski definition) is 3. The molecule has 0 fully saturated rings. The summed E-state index contributed by atoms with van der Waals surface area (Å²) in [5.41, 5.74) is 5.31. The summed E-state index contributed by atoms with van der Waals surface area (Å²) >= 11 is 0. The van der Waals surface area contributed by atoms with Crippen LogP contribution in [0, 0.1) is 25.0 Å². The van der Waals surface area contributed by atoms with Gasteiger partial charge in [0.1, 0.15) is 0 Å². The molecule has 2 nitrogen and oxygen atoms in total. The van der Waals surface area contributed by atoms with E-state index in [9.17, 15) is 8.42 Å². The van der Waals surface area contributed by atoms with Gasteiger partial charge in [-0.15, -0.1) is 38.2 Å². The predicted octanol–water partition coefficient (Wildman–Crippen LogP) is 5.35. The summed E-state index contributed by atoms with van der Waals surface area (Å²) in [4.78, 5) is 0.339. The van der Waals surface area contributed by atoms with Gasteiger partial charge >= 0.3 is 26.2 Å². The van der Waals surface area contributed by atoms with E-state index in [-0.39, 0.29) is 62.0 Å². The summed E-state index contributed by atoms with van der Waals surface area (Å²) in [6.45, 7) is 10.6. The van der Waals surface area contributed by atoms with Crippen LogP contribution in [0.5, 0.6) is 0 Å². The Labute approximate surface area is 208 Å². The molecule has 154 valence electrons. The van der Waals surface area contributed by atoms with E-state index in [1.807, 2.05) is 19.1 Å². The van der Waals surface area contributed by atoms with Crippen LogP contribution in [0.3, 0.4) is 0 Å². The molecule has 3 rings (SSSR count). The third kappa shape index (κ3) is 13.1. The average molecular weight is 537 g/mol. The topological polar surface area (TPSA) is 34.1 Å². The molecule has 1 unspecified atom stereocenters. The van der Waals surface area contributed by atoms with Gasteiger partial charge in [-0.2, -0.15) is 17.2 Å². The minimum atomic E-state index is -2.09. The maximum Gasteiger partial charge on any atom is 3.00 e. The van der Waals surface area contributed by atoms with Gasteiger partial charge in [0.05, 0.1) is 0 Å². The second kappa shape index (κ2) is 18.8. The molecule has 0 amide bonds. The first-order chi connectivity index (χ1) is 11.3. The van der Waals surface area contributed by atoms with Gasteiger partial charge in [0.15, 0.2) is 0 Å². The molecule has 2 radical (unpaired) electrons. The molecule has 0 aliphatic heterocycles. The smallest absolute Gasteiger partial charge is 0.420 e. The first-order valence-electron chi connectivity index (χ1n) is 7.98. The molecule has 0 heterocycles. The summed E-state index contributed by atoms with van der Waals surface area (Å²) in [7, 11) is -2.09. The van der Waals surface area contributed by atoms with Crippen molar-refractivity contribution in [3.63, 3.8) is 0 Å². The molecule has 0 aromatic heterocycles. The van der Waals surface area contributed by atoms with Gasteiger partial charge in [-0.25, -0.2) is 17.7 Å². The van der Waals surface area contributed by atoms with Crippen LogP contribution in [0.2, 0.25) is 0 Å². The Kier molecular flexibility index (Phi) is 23.7. The Hall–Kier alpha value is -0.190. The van der Waals surface area contributed by atoms with E-state index in [1.165, 1.54) is 16.7 Å². The van der Waals surface area contributed by atoms with E-state index < -0.39 is 10.7 Å². The molecule has 1 atom stereocenters. The number of hydrogen-bond donors (Lipinski definition) is 0. The van der Waals surface area contributed by atoms with Crippen molar-refractivity contribution in [3.8, 4) is 0 Å². The summed E-state index contributed by atoms with van der Waals surface area (Å²) in [6.07, 6.45) is 13.4. The van der Waals surface area contributed by atoms with Crippen LogP contribution in [-0.2, 0) is 45.3 Å². The fourth-order valence-electron chi connectivity index (χ4n) is 2.15. The molecular formula is C21H30Cl2O2SSiZr. The van der Waals surface area contributed by atoms with Crippen molar-refractivity contribution in [1.82, 2.24) is 0 Å². The minimum Gasteiger partial charge on any atom is -0.420 e. The SMILES string of the molecule is CC1=[C-]C(C)C(C)=C1C.Cc1ccc([S-](=O)=O)cc1.Cl.Cl.[C-]1=CC=CC1.[SiH3].[Zr+3]. The quantitative estimate of drug-likeness (QED) is 0.276. The third-order valence-corrected chi connectivity index (χ3v) is 4.69. The minimum absolute atomic E-state index is 0. The Balaban J connectivity index is -0.000000150. The number of benzene rings is 1. The van der Waals surface area contributed by atoms with Crippen LogP contribution in [0.25, 0.3) is 0 Å². The van der Waals surface area contributed by atoms with Crippen LogP contribution in [0.15, 0.2) is 64.1 Å². The molecule has 1 aromatic carbocycles. The van der Waals surface area contributed by atoms with Gasteiger partial charge in [0.25, 0.3) is 0 Å². The fraction of sp³-hybridized carbons (Fsp3) is 0.333. The van der Waals surface area contributed by atoms with E-state index in [0.717, 1.165) is 12.0 Å². The molecule has 7 heteroatoms. The van der Waals surface area contributed by atoms with Crippen LogP contribution in [0.4, 0.5) is 0 Å². The summed E-state index contributed by atoms with van der Waals surface area (Å²) < 4.78 is 20.6. The zero-order valence-corrected chi connectivity index (χ0v) is 24.3. The van der Waals surface area contributed by atoms with Crippen molar-refractivity contribution >= 4 is 46.5 Å². The van der Waals surface area contributed by atoms with E-state index in [0.29, 0.717) is 10.8 Å². The Morgan fingerprint density at radius 3 is 1.75 bits per heavy atom. The predicted molar refractivity (Wildman–Crippen MR) is 124 cm³/mol. The molecule has 2 aliphatic rings. The summed E-state index contributed by atoms with van der Waals surface area (Å²) in [6, 6.07) is 6.70. The molecular weight excluding hydrogens is 507 g/mol. The summed E-state index contributed by atoms with van der Waals surface area (Å²) in [5.74, 6) is 0.560. The van der Waals surface area contributed by atoms with Crippen molar-refractivity contribution < 1.29 is 34.6 Å². The Bertz CT molecular complexity index is 734. The van der Waals surface area contributed by atoms with Gasteiger partial charge in [-0.1, -0.05) is 61.4 Å². The normalized spacial score (nSPS) is 15.5. The molecule has 0 saturated carbocycles. The van der Waals surface area contributed by atoms with Gasteiger partial charge in [0.2, 0.25) is 0 Å². The fourth-order valence-corrected chi connectivity index (χ4v) is 2.51. The summed E-state index contributed by atoms with van der Waals surface area (Å²) in [5, 5.41) is 0. The zero-order valence-electron chi connectivity index (χ0n) is 17.4. The molecule has 2 aliphatic carbocycles. The molecule has 0 spiro atoms. The Morgan fingerprint density at radius 2 is 1.54 bits per heavy atom. The van der Waals surface area contributed by atoms with Crippen molar-refractivity contribution in [3.05, 3.63) is 76.9 Å². The van der Waals surface area contributed by atoms with Crippen LogP contribution >= 0.6 is 24.8 Å². The van der Waals surface area contributed by atoms with E-state index in [4.69, 9.17) is 0 Å². The maximum atomic E-state index is 10.3. The number of halogens is 2. The van der Waals surface area contributed by atoms with Crippen LogP contribution < -0.4 is 0 Å². The second-order valence-electron chi connectivity index (χ2n) is 5.85. The van der Waals surface area contributed by atoms with E-state index >= 15 is 0 Å². The van der Waals surface area contributed by atoms with Gasteiger partial charge in [0, 0.05) is 0 Å². The number of allylic oxidation sites excluding steroid dienone is 8. The Morgan fingerprint density at radius 1 is 1.00 bits per heavy atom. The molecule has 0 N–H and O–H groups in total. The second-order valence-corrected chi connectivity index (χ2v) is 6.79. The van der Waals surface area contributed by atoms with Crippen molar-refractivity contribution in [2.45, 2.75) is 45.9 Å². The van der Waals surface area contributed by atoms with Gasteiger partial charge < -0.3 is 8.42 Å². The number of aryl methyl sites for hydroxylation is 1. The van der Waals surface area contributed by atoms with Gasteiger partial charge in [-0.3, -0.25) is 12.2 Å². The van der Waals surface area contributed by atoms with Crippen LogP contribution in [0.1, 0.15) is 39.7 Å². The first kappa shape index (κ1) is 35.3. The van der Waals surface area contributed by atoms with Crippen molar-refractivity contribution in [2.75, 3.05) is 0 Å². The molecule has 0 bridgehead atoms. The monoisotopic (exact) mass is 534 g/mol. The average Bonchev–Trinajstić information content (AvgIpc) is 3.19. The van der Waals surface area contributed by atoms with Crippen molar-refractivity contribution in [2.24, 2.45) is 5.92 Å². The number of rotatable bonds is 1. The standard InChI is InChI=1S/C9H13.C7H7O2S.C5H5.2ClH.H3Si.Zr/c1-6-5-7(2)9(4)8(6)3;1-6-2-4-7(5-3-6)10(8)9;1-2-4-5-3-1;;;;/h6H,1-4H3;2-5H,1H3;1-3H,4H2;2*1H;1H3;/q3*-1;;;;+3. The van der Waals surface area contributed by atoms with E-state index in [1.54, 1.807) is 24.3 Å². The molecule has 28 heavy (non-hydrogen) atoms. The maximum absolute atomic E-state index is 10.3. The van der Waals surface area contributed by atoms with Crippen molar-refractivity contribution in [1.29, 1.82) is 0 Å². The van der Waals surface area contributed by atoms with Gasteiger partial charge in [-0.05, 0) is 28.6 Å². The van der Waals surface area contributed by atoms with E-state index in [2.05, 4.69) is 45.9 Å². The zero-order chi connectivity index (χ0) is 18.1.